The van der Waals surface area contributed by atoms with E-state index in [-0.39, 0.29) is 0 Å². The lowest BCUT2D eigenvalue weighted by molar-refractivity contribution is 0.570. The predicted octanol–water partition coefficient (Wildman–Crippen LogP) is 3.61. The van der Waals surface area contributed by atoms with Crippen molar-refractivity contribution < 1.29 is 0 Å². The molecule has 0 aromatic carbocycles. The predicted molar refractivity (Wildman–Crippen MR) is 54.9 cm³/mol. The first-order chi connectivity index (χ1) is 5.91. The lowest BCUT2D eigenvalue weighted by atomic mass is 10.1. The molecule has 12 heavy (non-hydrogen) atoms. The maximum atomic E-state index is 6.97. The largest absolute Gasteiger partial charge is 0.258 e. The molecule has 0 aromatic heterocycles. The molecule has 0 aromatic rings. The first-order valence-corrected chi connectivity index (χ1v) is 5.35. The van der Waals surface area contributed by atoms with Gasteiger partial charge >= 0.3 is 0 Å². The van der Waals surface area contributed by atoms with Crippen molar-refractivity contribution in [2.75, 3.05) is 6.54 Å². The van der Waals surface area contributed by atoms with Crippen LogP contribution in [0.2, 0.25) is 0 Å². The van der Waals surface area contributed by atoms with Crippen molar-refractivity contribution in [1.29, 1.82) is 0 Å². The third kappa shape index (κ3) is 9.96. The van der Waals surface area contributed by atoms with Gasteiger partial charge < -0.3 is 0 Å². The number of hydrogen-bond donors (Lipinski definition) is 0. The number of unbranched alkanes of at least 4 members (excludes halogenated alkanes) is 8. The van der Waals surface area contributed by atoms with Crippen molar-refractivity contribution in [1.82, 2.24) is 5.73 Å². The Morgan fingerprint density at radius 2 is 1.08 bits per heavy atom. The summed E-state index contributed by atoms with van der Waals surface area (Å²) in [6, 6.07) is 0. The van der Waals surface area contributed by atoms with Crippen LogP contribution in [-0.4, -0.2) is 6.54 Å². The molecule has 1 N–H and O–H groups in total. The fraction of sp³-hybridized carbons (Fsp3) is 0.909. The van der Waals surface area contributed by atoms with Gasteiger partial charge in [-0.15, -0.1) is 0 Å². The second-order valence-corrected chi connectivity index (χ2v) is 3.43. The van der Waals surface area contributed by atoms with Crippen molar-refractivity contribution in [2.45, 2.75) is 57.8 Å². The first kappa shape index (κ1) is 12.0. The van der Waals surface area contributed by atoms with Crippen molar-refractivity contribution in [3.05, 3.63) is 6.92 Å². The maximum Gasteiger partial charge on any atom is 0.00997 e. The van der Waals surface area contributed by atoms with E-state index in [9.17, 15) is 0 Å². The summed E-state index contributed by atoms with van der Waals surface area (Å²) in [6.07, 6.45) is 11.6. The summed E-state index contributed by atoms with van der Waals surface area (Å²) in [4.78, 5) is 0. The van der Waals surface area contributed by atoms with Gasteiger partial charge in [-0.3, -0.25) is 5.73 Å². The summed E-state index contributed by atoms with van der Waals surface area (Å²) in [6.45, 7) is 4.44. The molecule has 72 valence electrons. The lowest BCUT2D eigenvalue weighted by Gasteiger charge is -1.99. The molecule has 0 fully saturated rings. The molecule has 0 rings (SSSR count). The van der Waals surface area contributed by atoms with Crippen LogP contribution in [0.3, 0.4) is 0 Å². The molecule has 0 spiro atoms. The van der Waals surface area contributed by atoms with Crippen LogP contribution in [0, 0.1) is 6.92 Å². The Balaban J connectivity index is 2.73. The Morgan fingerprint density at radius 3 is 1.50 bits per heavy atom. The molecule has 0 amide bonds. The van der Waals surface area contributed by atoms with Gasteiger partial charge in [0.1, 0.15) is 0 Å². The first-order valence-electron chi connectivity index (χ1n) is 5.35. The Labute approximate surface area is 77.7 Å². The van der Waals surface area contributed by atoms with Gasteiger partial charge in [0.25, 0.3) is 0 Å². The molecule has 0 aliphatic rings. The minimum atomic E-state index is 0.613. The Bertz CT molecular complexity index is 61.4. The zero-order valence-corrected chi connectivity index (χ0v) is 8.28. The molecule has 1 heteroatoms. The van der Waals surface area contributed by atoms with E-state index in [4.69, 9.17) is 5.73 Å². The average Bonchev–Trinajstić information content (AvgIpc) is 2.10. The number of rotatable bonds is 9. The second kappa shape index (κ2) is 11.0. The van der Waals surface area contributed by atoms with Crippen LogP contribution in [-0.2, 0) is 0 Å². The topological polar surface area (TPSA) is 23.8 Å². The van der Waals surface area contributed by atoms with Crippen LogP contribution < -0.4 is 5.73 Å². The van der Waals surface area contributed by atoms with Gasteiger partial charge in [0.2, 0.25) is 0 Å². The van der Waals surface area contributed by atoms with E-state index >= 15 is 0 Å². The third-order valence-corrected chi connectivity index (χ3v) is 2.18. The van der Waals surface area contributed by atoms with Crippen LogP contribution in [0.1, 0.15) is 57.8 Å². The van der Waals surface area contributed by atoms with E-state index in [1.807, 2.05) is 0 Å². The van der Waals surface area contributed by atoms with E-state index in [0.29, 0.717) is 6.54 Å². The smallest absolute Gasteiger partial charge is 0.00997 e. The fourth-order valence-electron chi connectivity index (χ4n) is 1.36. The highest BCUT2D eigenvalue weighted by molar-refractivity contribution is 4.47. The molecule has 0 unspecified atom stereocenters. The lowest BCUT2D eigenvalue weighted by Crippen LogP contribution is -1.85. The van der Waals surface area contributed by atoms with E-state index < -0.39 is 0 Å². The van der Waals surface area contributed by atoms with Crippen LogP contribution >= 0.6 is 0 Å². The third-order valence-electron chi connectivity index (χ3n) is 2.18. The highest BCUT2D eigenvalue weighted by Crippen LogP contribution is 2.08. The fourth-order valence-corrected chi connectivity index (χ4v) is 1.36. The van der Waals surface area contributed by atoms with Crippen LogP contribution in [0.25, 0.3) is 0 Å². The SMILES string of the molecule is [CH2]CCCCCCCCCC[NH]. The van der Waals surface area contributed by atoms with E-state index in [0.717, 1.165) is 12.8 Å². The number of hydrogen-bond acceptors (Lipinski definition) is 0. The van der Waals surface area contributed by atoms with Gasteiger partial charge in [0, 0.05) is 6.54 Å². The van der Waals surface area contributed by atoms with Gasteiger partial charge in [-0.25, -0.2) is 0 Å². The molecule has 0 bridgehead atoms. The Morgan fingerprint density at radius 1 is 0.667 bits per heavy atom. The second-order valence-electron chi connectivity index (χ2n) is 3.43. The van der Waals surface area contributed by atoms with Crippen molar-refractivity contribution >= 4 is 0 Å². The van der Waals surface area contributed by atoms with Gasteiger partial charge in [0.05, 0.1) is 0 Å². The number of nitrogens with one attached hydrogen (secondary N) is 1. The standard InChI is InChI=1S/C11H23N/c1-2-3-4-5-6-7-8-9-10-11-12/h12H,1-11H2. The molecule has 0 atom stereocenters. The van der Waals surface area contributed by atoms with Gasteiger partial charge in [0.15, 0.2) is 0 Å². The van der Waals surface area contributed by atoms with Gasteiger partial charge in [-0.2, -0.15) is 0 Å². The van der Waals surface area contributed by atoms with E-state index in [1.165, 1.54) is 44.9 Å². The molecular formula is C11H23N. The van der Waals surface area contributed by atoms with Gasteiger partial charge in [-0.1, -0.05) is 58.3 Å². The minimum absolute atomic E-state index is 0.613. The minimum Gasteiger partial charge on any atom is -0.258 e. The maximum absolute atomic E-state index is 6.97. The van der Waals surface area contributed by atoms with Crippen molar-refractivity contribution in [3.63, 3.8) is 0 Å². The zero-order chi connectivity index (χ0) is 9.07. The molecule has 0 saturated heterocycles. The van der Waals surface area contributed by atoms with E-state index in [1.54, 1.807) is 0 Å². The van der Waals surface area contributed by atoms with E-state index in [2.05, 4.69) is 6.92 Å². The summed E-state index contributed by atoms with van der Waals surface area (Å²) in [5.74, 6) is 0. The van der Waals surface area contributed by atoms with Crippen LogP contribution in [0.5, 0.6) is 0 Å². The van der Waals surface area contributed by atoms with Crippen molar-refractivity contribution in [3.8, 4) is 0 Å². The molecule has 0 heterocycles. The monoisotopic (exact) mass is 169 g/mol. The van der Waals surface area contributed by atoms with Crippen LogP contribution in [0.15, 0.2) is 0 Å². The highest BCUT2D eigenvalue weighted by atomic mass is 14.5. The van der Waals surface area contributed by atoms with Crippen LogP contribution in [0.4, 0.5) is 0 Å². The molecule has 1 nitrogen and oxygen atoms in total. The summed E-state index contributed by atoms with van der Waals surface area (Å²) < 4.78 is 0. The van der Waals surface area contributed by atoms with Crippen molar-refractivity contribution in [2.24, 2.45) is 0 Å². The molecular weight excluding hydrogens is 146 g/mol. The average molecular weight is 169 g/mol. The molecule has 0 saturated carbocycles. The summed E-state index contributed by atoms with van der Waals surface area (Å²) >= 11 is 0. The molecule has 0 aliphatic heterocycles. The Kier molecular flexibility index (Phi) is 10.9. The quantitative estimate of drug-likeness (QED) is 0.471. The van der Waals surface area contributed by atoms with Gasteiger partial charge in [-0.05, 0) is 6.42 Å². The summed E-state index contributed by atoms with van der Waals surface area (Å²) in [5.41, 5.74) is 6.97. The normalized spacial score (nSPS) is 10.5. The highest BCUT2D eigenvalue weighted by Gasteiger charge is 1.90. The summed E-state index contributed by atoms with van der Waals surface area (Å²) in [7, 11) is 0. The zero-order valence-electron chi connectivity index (χ0n) is 8.28. The Hall–Kier alpha value is -0.0400. The molecule has 2 radical (unpaired) electrons. The molecule has 0 aliphatic carbocycles. The summed E-state index contributed by atoms with van der Waals surface area (Å²) in [5, 5.41) is 0.